The van der Waals surface area contributed by atoms with Gasteiger partial charge in [0.15, 0.2) is 0 Å². The average molecular weight is 291 g/mol. The molecule has 0 aromatic heterocycles. The van der Waals surface area contributed by atoms with Crippen LogP contribution in [0.25, 0.3) is 0 Å². The van der Waals surface area contributed by atoms with Crippen LogP contribution in [0.3, 0.4) is 0 Å². The van der Waals surface area contributed by atoms with E-state index < -0.39 is 0 Å². The topological polar surface area (TPSA) is 44.5 Å². The molecule has 1 aromatic carbocycles. The Kier molecular flexibility index (Phi) is 5.65. The van der Waals surface area contributed by atoms with Crippen molar-refractivity contribution in [2.75, 3.05) is 7.11 Å². The van der Waals surface area contributed by atoms with Gasteiger partial charge in [0, 0.05) is 11.6 Å². The first kappa shape index (κ1) is 16.3. The van der Waals surface area contributed by atoms with Gasteiger partial charge in [-0.25, -0.2) is 0 Å². The molecular formula is C18H29NO2. The quantitative estimate of drug-likeness (QED) is 0.890. The maximum Gasteiger partial charge on any atom is 0.124 e. The van der Waals surface area contributed by atoms with Gasteiger partial charge in [-0.3, -0.25) is 0 Å². The summed E-state index contributed by atoms with van der Waals surface area (Å²) in [7, 11) is 1.70. The van der Waals surface area contributed by atoms with Gasteiger partial charge in [-0.05, 0) is 55.7 Å². The Hall–Kier alpha value is -1.06. The van der Waals surface area contributed by atoms with Gasteiger partial charge in [-0.2, -0.15) is 0 Å². The number of methoxy groups -OCH3 is 1. The molecule has 0 bridgehead atoms. The van der Waals surface area contributed by atoms with E-state index in [2.05, 4.69) is 19.9 Å². The molecule has 3 atom stereocenters. The minimum atomic E-state index is 0.0318. The van der Waals surface area contributed by atoms with E-state index in [0.717, 1.165) is 28.7 Å². The summed E-state index contributed by atoms with van der Waals surface area (Å²) < 4.78 is 11.6. The van der Waals surface area contributed by atoms with E-state index in [9.17, 15) is 0 Å². The second kappa shape index (κ2) is 7.28. The normalized spacial score (nSPS) is 27.4. The molecule has 118 valence electrons. The fourth-order valence-corrected chi connectivity index (χ4v) is 3.41. The van der Waals surface area contributed by atoms with Crippen molar-refractivity contribution in [2.24, 2.45) is 17.6 Å². The van der Waals surface area contributed by atoms with Gasteiger partial charge in [-0.1, -0.05) is 19.9 Å². The highest BCUT2D eigenvalue weighted by molar-refractivity contribution is 5.37. The Morgan fingerprint density at radius 3 is 2.43 bits per heavy atom. The third-order valence-electron chi connectivity index (χ3n) is 4.44. The van der Waals surface area contributed by atoms with Crippen LogP contribution in [0.4, 0.5) is 0 Å². The highest BCUT2D eigenvalue weighted by Crippen LogP contribution is 2.32. The number of hydrogen-bond donors (Lipinski definition) is 1. The molecule has 1 aromatic rings. The first-order valence-corrected chi connectivity index (χ1v) is 8.03. The SMILES string of the molecule is COc1ccc(C(C)N)cc1COC1CC(C)CC(C)C1. The second-order valence-corrected chi connectivity index (χ2v) is 6.71. The van der Waals surface area contributed by atoms with Gasteiger partial charge in [0.1, 0.15) is 5.75 Å². The van der Waals surface area contributed by atoms with Crippen LogP contribution in [0.2, 0.25) is 0 Å². The number of hydrogen-bond acceptors (Lipinski definition) is 3. The fraction of sp³-hybridized carbons (Fsp3) is 0.667. The summed E-state index contributed by atoms with van der Waals surface area (Å²) in [5.74, 6) is 2.41. The van der Waals surface area contributed by atoms with E-state index in [1.54, 1.807) is 7.11 Å². The molecule has 0 amide bonds. The van der Waals surface area contributed by atoms with Gasteiger partial charge >= 0.3 is 0 Å². The van der Waals surface area contributed by atoms with E-state index in [-0.39, 0.29) is 6.04 Å². The van der Waals surface area contributed by atoms with Crippen molar-refractivity contribution >= 4 is 0 Å². The van der Waals surface area contributed by atoms with Gasteiger partial charge in [0.05, 0.1) is 19.8 Å². The van der Waals surface area contributed by atoms with Crippen molar-refractivity contribution < 1.29 is 9.47 Å². The number of benzene rings is 1. The summed E-state index contributed by atoms with van der Waals surface area (Å²) in [5, 5.41) is 0. The van der Waals surface area contributed by atoms with E-state index in [0.29, 0.717) is 12.7 Å². The van der Waals surface area contributed by atoms with E-state index in [1.807, 2.05) is 19.1 Å². The smallest absolute Gasteiger partial charge is 0.124 e. The van der Waals surface area contributed by atoms with Crippen LogP contribution in [-0.2, 0) is 11.3 Å². The minimum Gasteiger partial charge on any atom is -0.496 e. The lowest BCUT2D eigenvalue weighted by atomic mass is 9.82. The summed E-state index contributed by atoms with van der Waals surface area (Å²) in [5.41, 5.74) is 8.19. The third kappa shape index (κ3) is 4.45. The highest BCUT2D eigenvalue weighted by Gasteiger charge is 2.24. The van der Waals surface area contributed by atoms with Gasteiger partial charge in [0.25, 0.3) is 0 Å². The molecule has 2 N–H and O–H groups in total. The Bertz CT molecular complexity index is 449. The van der Waals surface area contributed by atoms with Crippen molar-refractivity contribution in [3.05, 3.63) is 29.3 Å². The van der Waals surface area contributed by atoms with Crippen molar-refractivity contribution in [3.63, 3.8) is 0 Å². The third-order valence-corrected chi connectivity index (χ3v) is 4.44. The Morgan fingerprint density at radius 2 is 1.86 bits per heavy atom. The largest absolute Gasteiger partial charge is 0.496 e. The maximum absolute atomic E-state index is 6.17. The van der Waals surface area contributed by atoms with E-state index in [1.165, 1.54) is 19.3 Å². The molecule has 1 aliphatic carbocycles. The predicted molar refractivity (Wildman–Crippen MR) is 86.4 cm³/mol. The molecular weight excluding hydrogens is 262 g/mol. The van der Waals surface area contributed by atoms with Crippen molar-refractivity contribution in [2.45, 2.75) is 58.8 Å². The average Bonchev–Trinajstić information content (AvgIpc) is 2.43. The van der Waals surface area contributed by atoms with Crippen LogP contribution in [0.1, 0.15) is 57.2 Å². The summed E-state index contributed by atoms with van der Waals surface area (Å²) in [4.78, 5) is 0. The molecule has 3 nitrogen and oxygen atoms in total. The monoisotopic (exact) mass is 291 g/mol. The Labute approximate surface area is 128 Å². The molecule has 1 saturated carbocycles. The lowest BCUT2D eigenvalue weighted by molar-refractivity contribution is -0.00979. The molecule has 0 aliphatic heterocycles. The zero-order valence-electron chi connectivity index (χ0n) is 13.8. The maximum atomic E-state index is 6.17. The first-order chi connectivity index (χ1) is 9.99. The van der Waals surface area contributed by atoms with Crippen LogP contribution < -0.4 is 10.5 Å². The first-order valence-electron chi connectivity index (χ1n) is 8.03. The lowest BCUT2D eigenvalue weighted by Gasteiger charge is -2.31. The standard InChI is InChI=1S/C18H29NO2/c1-12-7-13(2)9-17(8-12)21-11-16-10-15(14(3)19)5-6-18(16)20-4/h5-6,10,12-14,17H,7-9,11,19H2,1-4H3. The van der Waals surface area contributed by atoms with Crippen LogP contribution in [0.5, 0.6) is 5.75 Å². The van der Waals surface area contributed by atoms with E-state index in [4.69, 9.17) is 15.2 Å². The summed E-state index contributed by atoms with van der Waals surface area (Å²) in [6.45, 7) is 7.25. The van der Waals surface area contributed by atoms with Gasteiger partial charge < -0.3 is 15.2 Å². The molecule has 21 heavy (non-hydrogen) atoms. The molecule has 0 spiro atoms. The predicted octanol–water partition coefficient (Wildman–Crippen LogP) is 4.06. The Balaban J connectivity index is 2.02. The zero-order valence-corrected chi connectivity index (χ0v) is 13.8. The van der Waals surface area contributed by atoms with Crippen LogP contribution in [0.15, 0.2) is 18.2 Å². The summed E-state index contributed by atoms with van der Waals surface area (Å²) in [6, 6.07) is 6.16. The molecule has 0 saturated heterocycles. The summed E-state index contributed by atoms with van der Waals surface area (Å²) in [6.07, 6.45) is 4.02. The molecule has 0 radical (unpaired) electrons. The van der Waals surface area contributed by atoms with E-state index >= 15 is 0 Å². The molecule has 1 aliphatic rings. The molecule has 3 unspecified atom stereocenters. The van der Waals surface area contributed by atoms with Crippen LogP contribution in [0, 0.1) is 11.8 Å². The minimum absolute atomic E-state index is 0.0318. The number of ether oxygens (including phenoxy) is 2. The van der Waals surface area contributed by atoms with Gasteiger partial charge in [0.2, 0.25) is 0 Å². The van der Waals surface area contributed by atoms with Crippen LogP contribution in [-0.4, -0.2) is 13.2 Å². The van der Waals surface area contributed by atoms with Gasteiger partial charge in [-0.15, -0.1) is 0 Å². The number of rotatable bonds is 5. The molecule has 2 rings (SSSR count). The lowest BCUT2D eigenvalue weighted by Crippen LogP contribution is -2.26. The van der Waals surface area contributed by atoms with Crippen molar-refractivity contribution in [1.29, 1.82) is 0 Å². The summed E-state index contributed by atoms with van der Waals surface area (Å²) >= 11 is 0. The molecule has 3 heteroatoms. The van der Waals surface area contributed by atoms with Crippen molar-refractivity contribution in [1.82, 2.24) is 0 Å². The fourth-order valence-electron chi connectivity index (χ4n) is 3.41. The number of nitrogens with two attached hydrogens (primary N) is 1. The molecule has 0 heterocycles. The van der Waals surface area contributed by atoms with Crippen LogP contribution >= 0.6 is 0 Å². The second-order valence-electron chi connectivity index (χ2n) is 6.71. The highest BCUT2D eigenvalue weighted by atomic mass is 16.5. The zero-order chi connectivity index (χ0) is 15.4. The van der Waals surface area contributed by atoms with Crippen molar-refractivity contribution in [3.8, 4) is 5.75 Å². The molecule has 1 fully saturated rings. The Morgan fingerprint density at radius 1 is 1.19 bits per heavy atom.